The number of rotatable bonds is 0. The van der Waals surface area contributed by atoms with E-state index in [2.05, 4.69) is 33.4 Å². The van der Waals surface area contributed by atoms with Gasteiger partial charge >= 0.3 is 0 Å². The van der Waals surface area contributed by atoms with Crippen molar-refractivity contribution < 1.29 is 0 Å². The van der Waals surface area contributed by atoms with Crippen molar-refractivity contribution in [3.05, 3.63) is 118 Å². The van der Waals surface area contributed by atoms with Crippen molar-refractivity contribution in [1.29, 1.82) is 0 Å². The van der Waals surface area contributed by atoms with Crippen molar-refractivity contribution in [2.45, 2.75) is 0 Å². The minimum atomic E-state index is 0.609. The molecule has 0 bridgehead atoms. The molecule has 2 heteroatoms. The van der Waals surface area contributed by atoms with Crippen LogP contribution in [0.3, 0.4) is 0 Å². The standard InChI is InChI=1S/C24H12N2/c1-25-23-14-10-19(11-15-23)6-8-21-4-3-5-22(18-21)9-7-20-12-16-24(26-2)17-13-20/h3-5,10-18H. The topological polar surface area (TPSA) is 8.72 Å². The SMILES string of the molecule is [C-]#[N+]c1ccc(C#Cc2cccc(C#Cc3ccc([N+]#[C-])cc3)c2)cc1. The summed E-state index contributed by atoms with van der Waals surface area (Å²) in [7, 11) is 0. The largest absolute Gasteiger partial charge is 0.238 e. The van der Waals surface area contributed by atoms with Crippen LogP contribution in [0.1, 0.15) is 22.3 Å². The van der Waals surface area contributed by atoms with Crippen molar-refractivity contribution in [3.8, 4) is 23.7 Å². The van der Waals surface area contributed by atoms with Gasteiger partial charge in [0, 0.05) is 22.3 Å². The summed E-state index contributed by atoms with van der Waals surface area (Å²) in [6, 6.07) is 22.2. The van der Waals surface area contributed by atoms with Gasteiger partial charge in [-0.25, -0.2) is 9.69 Å². The number of nitrogens with zero attached hydrogens (tertiary/aromatic N) is 2. The van der Waals surface area contributed by atoms with Gasteiger partial charge in [0.1, 0.15) is 0 Å². The third kappa shape index (κ3) is 4.40. The first kappa shape index (κ1) is 16.6. The van der Waals surface area contributed by atoms with E-state index >= 15 is 0 Å². The van der Waals surface area contributed by atoms with Gasteiger partial charge in [-0.1, -0.05) is 78.3 Å². The zero-order chi connectivity index (χ0) is 18.2. The summed E-state index contributed by atoms with van der Waals surface area (Å²) >= 11 is 0. The Bertz CT molecular complexity index is 1040. The Balaban J connectivity index is 1.78. The minimum absolute atomic E-state index is 0.609. The highest BCUT2D eigenvalue weighted by molar-refractivity contribution is 5.53. The van der Waals surface area contributed by atoms with Gasteiger partial charge in [-0.3, -0.25) is 0 Å². The Hall–Kier alpha value is -4.24. The smallest absolute Gasteiger partial charge is 0.187 e. The van der Waals surface area contributed by atoms with E-state index in [4.69, 9.17) is 13.1 Å². The van der Waals surface area contributed by atoms with Crippen LogP contribution >= 0.6 is 0 Å². The highest BCUT2D eigenvalue weighted by atomic mass is 14.6. The quantitative estimate of drug-likeness (QED) is 0.376. The van der Waals surface area contributed by atoms with Crippen LogP contribution in [0.4, 0.5) is 11.4 Å². The molecule has 0 unspecified atom stereocenters. The van der Waals surface area contributed by atoms with Crippen LogP contribution in [-0.2, 0) is 0 Å². The highest BCUT2D eigenvalue weighted by Crippen LogP contribution is 2.13. The normalized spacial score (nSPS) is 8.85. The fourth-order valence-corrected chi connectivity index (χ4v) is 2.20. The third-order valence-corrected chi connectivity index (χ3v) is 3.56. The van der Waals surface area contributed by atoms with Gasteiger partial charge in [0.05, 0.1) is 13.1 Å². The molecule has 0 aliphatic carbocycles. The van der Waals surface area contributed by atoms with Crippen LogP contribution in [0.5, 0.6) is 0 Å². The second kappa shape index (κ2) is 8.04. The van der Waals surface area contributed by atoms with Gasteiger partial charge in [-0.15, -0.1) is 0 Å². The van der Waals surface area contributed by atoms with Crippen LogP contribution < -0.4 is 0 Å². The predicted octanol–water partition coefficient (Wildman–Crippen LogP) is 5.59. The molecule has 0 aliphatic rings. The molecule has 0 saturated carbocycles. The van der Waals surface area contributed by atoms with Gasteiger partial charge in [-0.05, 0) is 18.2 Å². The summed E-state index contributed by atoms with van der Waals surface area (Å²) in [5.74, 6) is 12.4. The van der Waals surface area contributed by atoms with Gasteiger partial charge in [0.2, 0.25) is 0 Å². The molecule has 3 aromatic rings. The Labute approximate surface area is 153 Å². The summed E-state index contributed by atoms with van der Waals surface area (Å²) in [5.41, 5.74) is 4.72. The molecule has 3 rings (SSSR count). The monoisotopic (exact) mass is 328 g/mol. The predicted molar refractivity (Wildman–Crippen MR) is 104 cm³/mol. The van der Waals surface area contributed by atoms with E-state index < -0.39 is 0 Å². The Morgan fingerprint density at radius 2 is 0.885 bits per heavy atom. The first-order valence-corrected chi connectivity index (χ1v) is 7.86. The lowest BCUT2D eigenvalue weighted by molar-refractivity contribution is 1.59. The molecular formula is C24H12N2. The first-order valence-electron chi connectivity index (χ1n) is 7.86. The molecule has 0 radical (unpaired) electrons. The second-order valence-electron chi connectivity index (χ2n) is 5.40. The highest BCUT2D eigenvalue weighted by Gasteiger charge is 1.93. The molecule has 118 valence electrons. The summed E-state index contributed by atoms with van der Waals surface area (Å²) in [5, 5.41) is 0. The average Bonchev–Trinajstić information content (AvgIpc) is 2.72. The van der Waals surface area contributed by atoms with E-state index in [1.807, 2.05) is 48.5 Å². The number of benzene rings is 3. The van der Waals surface area contributed by atoms with E-state index in [0.29, 0.717) is 11.4 Å². The zero-order valence-electron chi connectivity index (χ0n) is 13.8. The summed E-state index contributed by atoms with van der Waals surface area (Å²) in [6.45, 7) is 13.9. The second-order valence-corrected chi connectivity index (χ2v) is 5.40. The van der Waals surface area contributed by atoms with E-state index in [1.54, 1.807) is 24.3 Å². The Morgan fingerprint density at radius 1 is 0.500 bits per heavy atom. The maximum Gasteiger partial charge on any atom is 0.187 e. The van der Waals surface area contributed by atoms with Gasteiger partial charge in [-0.2, -0.15) is 0 Å². The molecule has 0 fully saturated rings. The fourth-order valence-electron chi connectivity index (χ4n) is 2.20. The molecule has 0 amide bonds. The third-order valence-electron chi connectivity index (χ3n) is 3.56. The average molecular weight is 328 g/mol. The maximum atomic E-state index is 6.96. The first-order chi connectivity index (χ1) is 12.8. The minimum Gasteiger partial charge on any atom is -0.238 e. The molecule has 0 atom stereocenters. The van der Waals surface area contributed by atoms with Crippen LogP contribution in [-0.4, -0.2) is 0 Å². The molecule has 0 spiro atoms. The van der Waals surface area contributed by atoms with E-state index in [-0.39, 0.29) is 0 Å². The molecule has 0 aromatic heterocycles. The van der Waals surface area contributed by atoms with Crippen LogP contribution in [0.25, 0.3) is 9.69 Å². The van der Waals surface area contributed by atoms with E-state index in [0.717, 1.165) is 22.3 Å². The molecule has 26 heavy (non-hydrogen) atoms. The molecule has 0 aliphatic heterocycles. The lowest BCUT2D eigenvalue weighted by atomic mass is 10.1. The van der Waals surface area contributed by atoms with E-state index in [9.17, 15) is 0 Å². The molecule has 0 N–H and O–H groups in total. The van der Waals surface area contributed by atoms with E-state index in [1.165, 1.54) is 0 Å². The lowest BCUT2D eigenvalue weighted by Crippen LogP contribution is -1.80. The van der Waals surface area contributed by atoms with Gasteiger partial charge in [0.15, 0.2) is 11.4 Å². The van der Waals surface area contributed by atoms with Crippen molar-refractivity contribution >= 4 is 11.4 Å². The molecule has 2 nitrogen and oxygen atoms in total. The van der Waals surface area contributed by atoms with Crippen molar-refractivity contribution in [3.63, 3.8) is 0 Å². The number of hydrogen-bond donors (Lipinski definition) is 0. The van der Waals surface area contributed by atoms with Crippen molar-refractivity contribution in [2.75, 3.05) is 0 Å². The summed E-state index contributed by atoms with van der Waals surface area (Å²) < 4.78 is 0. The molecular weight excluding hydrogens is 316 g/mol. The summed E-state index contributed by atoms with van der Waals surface area (Å²) in [4.78, 5) is 6.74. The van der Waals surface area contributed by atoms with Crippen molar-refractivity contribution in [1.82, 2.24) is 0 Å². The maximum absolute atomic E-state index is 6.96. The van der Waals surface area contributed by atoms with Crippen LogP contribution in [0, 0.1) is 36.8 Å². The van der Waals surface area contributed by atoms with Gasteiger partial charge in [0.25, 0.3) is 0 Å². The fraction of sp³-hybridized carbons (Fsp3) is 0. The van der Waals surface area contributed by atoms with Crippen molar-refractivity contribution in [2.24, 2.45) is 0 Å². The number of hydrogen-bond acceptors (Lipinski definition) is 0. The Morgan fingerprint density at radius 3 is 1.27 bits per heavy atom. The van der Waals surface area contributed by atoms with Gasteiger partial charge < -0.3 is 0 Å². The lowest BCUT2D eigenvalue weighted by Gasteiger charge is -1.94. The van der Waals surface area contributed by atoms with Crippen LogP contribution in [0.15, 0.2) is 72.8 Å². The zero-order valence-corrected chi connectivity index (χ0v) is 13.8. The summed E-state index contributed by atoms with van der Waals surface area (Å²) in [6.07, 6.45) is 0. The molecule has 0 saturated heterocycles. The molecule has 3 aromatic carbocycles. The molecule has 0 heterocycles. The Kier molecular flexibility index (Phi) is 5.13. The van der Waals surface area contributed by atoms with Crippen LogP contribution in [0.2, 0.25) is 0 Å².